The number of hydrogen-bond acceptors (Lipinski definition) is 4. The molecule has 0 aliphatic carbocycles. The number of hydrogen-bond donors (Lipinski definition) is 2. The minimum Gasteiger partial charge on any atom is -0.449 e. The van der Waals surface area contributed by atoms with Crippen LogP contribution in [0.1, 0.15) is 10.6 Å². The third kappa shape index (κ3) is 1.87. The van der Waals surface area contributed by atoms with Crippen LogP contribution in [0.2, 0.25) is 0 Å². The molecule has 3 N–H and O–H groups in total. The largest absolute Gasteiger partial charge is 0.449 e. The number of carbonyl (C=O) groups excluding carboxylic acids is 1. The zero-order chi connectivity index (χ0) is 10.7. The van der Waals surface area contributed by atoms with Crippen LogP contribution in [0.4, 0.5) is 0 Å². The SMILES string of the molecule is NNC(=O)c1ccc(-c2ccccn2)o1. The Hall–Kier alpha value is -2.14. The van der Waals surface area contributed by atoms with E-state index in [1.165, 1.54) is 0 Å². The van der Waals surface area contributed by atoms with Gasteiger partial charge in [-0.15, -0.1) is 0 Å². The lowest BCUT2D eigenvalue weighted by Crippen LogP contribution is -2.29. The molecule has 5 heteroatoms. The summed E-state index contributed by atoms with van der Waals surface area (Å²) in [5.74, 6) is 5.22. The molecule has 76 valence electrons. The van der Waals surface area contributed by atoms with Crippen LogP contribution in [0.25, 0.3) is 11.5 Å². The summed E-state index contributed by atoms with van der Waals surface area (Å²) >= 11 is 0. The molecule has 2 rings (SSSR count). The third-order valence-electron chi connectivity index (χ3n) is 1.88. The van der Waals surface area contributed by atoms with Crippen molar-refractivity contribution in [3.05, 3.63) is 42.3 Å². The maximum Gasteiger partial charge on any atom is 0.300 e. The van der Waals surface area contributed by atoms with Crippen molar-refractivity contribution in [2.75, 3.05) is 0 Å². The molecule has 2 heterocycles. The Labute approximate surface area is 85.9 Å². The fourth-order valence-electron chi connectivity index (χ4n) is 1.18. The number of nitrogen functional groups attached to an aromatic ring is 1. The van der Waals surface area contributed by atoms with Crippen molar-refractivity contribution < 1.29 is 9.21 Å². The monoisotopic (exact) mass is 203 g/mol. The zero-order valence-electron chi connectivity index (χ0n) is 7.81. The highest BCUT2D eigenvalue weighted by atomic mass is 16.4. The smallest absolute Gasteiger partial charge is 0.300 e. The van der Waals surface area contributed by atoms with Gasteiger partial charge in [0.25, 0.3) is 0 Å². The number of rotatable bonds is 2. The Morgan fingerprint density at radius 2 is 2.20 bits per heavy atom. The van der Waals surface area contributed by atoms with Gasteiger partial charge in [-0.25, -0.2) is 5.84 Å². The highest BCUT2D eigenvalue weighted by molar-refractivity contribution is 5.91. The number of aromatic nitrogens is 1. The molecule has 5 nitrogen and oxygen atoms in total. The Kier molecular flexibility index (Phi) is 2.47. The minimum absolute atomic E-state index is 0.165. The molecule has 0 spiro atoms. The van der Waals surface area contributed by atoms with E-state index in [1.54, 1.807) is 30.5 Å². The van der Waals surface area contributed by atoms with E-state index in [4.69, 9.17) is 10.3 Å². The number of nitrogens with zero attached hydrogens (tertiary/aromatic N) is 1. The van der Waals surface area contributed by atoms with Gasteiger partial charge in [-0.3, -0.25) is 15.2 Å². The van der Waals surface area contributed by atoms with Crippen molar-refractivity contribution in [2.24, 2.45) is 5.84 Å². The maximum absolute atomic E-state index is 11.1. The van der Waals surface area contributed by atoms with Gasteiger partial charge in [-0.1, -0.05) is 6.07 Å². The predicted molar refractivity (Wildman–Crippen MR) is 53.6 cm³/mol. The number of hydrazine groups is 1. The van der Waals surface area contributed by atoms with Gasteiger partial charge in [0.05, 0.1) is 0 Å². The molecular weight excluding hydrogens is 194 g/mol. The number of amides is 1. The summed E-state index contributed by atoms with van der Waals surface area (Å²) in [6.45, 7) is 0. The molecule has 0 aromatic carbocycles. The normalized spacial score (nSPS) is 9.93. The van der Waals surface area contributed by atoms with Gasteiger partial charge < -0.3 is 4.42 Å². The molecule has 0 radical (unpaired) electrons. The highest BCUT2D eigenvalue weighted by Gasteiger charge is 2.10. The molecule has 2 aromatic rings. The van der Waals surface area contributed by atoms with Gasteiger partial charge in [0, 0.05) is 6.20 Å². The molecule has 0 atom stereocenters. The van der Waals surface area contributed by atoms with Crippen molar-refractivity contribution in [1.29, 1.82) is 0 Å². The molecule has 1 amide bonds. The van der Waals surface area contributed by atoms with E-state index in [0.29, 0.717) is 11.5 Å². The van der Waals surface area contributed by atoms with Crippen LogP contribution in [0.5, 0.6) is 0 Å². The summed E-state index contributed by atoms with van der Waals surface area (Å²) in [5, 5.41) is 0. The van der Waals surface area contributed by atoms with E-state index in [0.717, 1.165) is 0 Å². The second-order valence-electron chi connectivity index (χ2n) is 2.85. The van der Waals surface area contributed by atoms with Crippen LogP contribution in [-0.2, 0) is 0 Å². The van der Waals surface area contributed by atoms with Gasteiger partial charge >= 0.3 is 5.91 Å². The van der Waals surface area contributed by atoms with Crippen LogP contribution in [0.15, 0.2) is 40.9 Å². The maximum atomic E-state index is 11.1. The lowest BCUT2D eigenvalue weighted by atomic mass is 10.3. The number of carbonyl (C=O) groups is 1. The Morgan fingerprint density at radius 3 is 2.87 bits per heavy atom. The molecule has 0 fully saturated rings. The fourth-order valence-corrected chi connectivity index (χ4v) is 1.18. The molecule has 2 aromatic heterocycles. The second kappa shape index (κ2) is 3.93. The van der Waals surface area contributed by atoms with E-state index in [2.05, 4.69) is 4.98 Å². The third-order valence-corrected chi connectivity index (χ3v) is 1.88. The van der Waals surface area contributed by atoms with E-state index < -0.39 is 5.91 Å². The van der Waals surface area contributed by atoms with Crippen molar-refractivity contribution in [3.8, 4) is 11.5 Å². The standard InChI is InChI=1S/C10H9N3O2/c11-13-10(14)9-5-4-8(15-9)7-3-1-2-6-12-7/h1-6H,11H2,(H,13,14). The van der Waals surface area contributed by atoms with Crippen molar-refractivity contribution in [1.82, 2.24) is 10.4 Å². The van der Waals surface area contributed by atoms with Crippen LogP contribution >= 0.6 is 0 Å². The average Bonchev–Trinajstić information content (AvgIpc) is 2.78. The summed E-state index contributed by atoms with van der Waals surface area (Å²) in [4.78, 5) is 15.2. The summed E-state index contributed by atoms with van der Waals surface area (Å²) in [6.07, 6.45) is 1.65. The van der Waals surface area contributed by atoms with Crippen molar-refractivity contribution >= 4 is 5.91 Å². The summed E-state index contributed by atoms with van der Waals surface area (Å²) in [7, 11) is 0. The molecule has 0 bridgehead atoms. The van der Waals surface area contributed by atoms with E-state index in [9.17, 15) is 4.79 Å². The van der Waals surface area contributed by atoms with E-state index >= 15 is 0 Å². The second-order valence-corrected chi connectivity index (χ2v) is 2.85. The lowest BCUT2D eigenvalue weighted by molar-refractivity contribution is 0.0927. The number of pyridine rings is 1. The Morgan fingerprint density at radius 1 is 1.33 bits per heavy atom. The lowest BCUT2D eigenvalue weighted by Gasteiger charge is -1.95. The topological polar surface area (TPSA) is 81.1 Å². The van der Waals surface area contributed by atoms with Crippen molar-refractivity contribution in [3.63, 3.8) is 0 Å². The summed E-state index contributed by atoms with van der Waals surface area (Å²) < 4.78 is 5.27. The Bertz CT molecular complexity index is 465. The first kappa shape index (κ1) is 9.42. The van der Waals surface area contributed by atoms with Gasteiger partial charge in [0.15, 0.2) is 11.5 Å². The van der Waals surface area contributed by atoms with Crippen LogP contribution in [-0.4, -0.2) is 10.9 Å². The highest BCUT2D eigenvalue weighted by Crippen LogP contribution is 2.19. The van der Waals surface area contributed by atoms with Gasteiger partial charge in [0.1, 0.15) is 5.69 Å². The Balaban J connectivity index is 2.32. The van der Waals surface area contributed by atoms with Gasteiger partial charge in [-0.05, 0) is 24.3 Å². The van der Waals surface area contributed by atoms with Crippen LogP contribution < -0.4 is 11.3 Å². The first-order valence-electron chi connectivity index (χ1n) is 4.33. The van der Waals surface area contributed by atoms with E-state index in [-0.39, 0.29) is 5.76 Å². The summed E-state index contributed by atoms with van der Waals surface area (Å²) in [6, 6.07) is 8.66. The number of nitrogens with one attached hydrogen (secondary N) is 1. The first-order valence-corrected chi connectivity index (χ1v) is 4.33. The van der Waals surface area contributed by atoms with E-state index in [1.807, 2.05) is 11.5 Å². The molecule has 0 aliphatic rings. The molecule has 0 saturated carbocycles. The molecular formula is C10H9N3O2. The number of nitrogens with two attached hydrogens (primary N) is 1. The van der Waals surface area contributed by atoms with Crippen molar-refractivity contribution in [2.45, 2.75) is 0 Å². The molecule has 0 unspecified atom stereocenters. The zero-order valence-corrected chi connectivity index (χ0v) is 7.81. The average molecular weight is 203 g/mol. The van der Waals surface area contributed by atoms with Crippen LogP contribution in [0.3, 0.4) is 0 Å². The summed E-state index contributed by atoms with van der Waals surface area (Å²) in [5.41, 5.74) is 2.67. The van der Waals surface area contributed by atoms with Crippen LogP contribution in [0, 0.1) is 0 Å². The van der Waals surface area contributed by atoms with Gasteiger partial charge in [-0.2, -0.15) is 0 Å². The predicted octanol–water partition coefficient (Wildman–Crippen LogP) is 0.945. The number of furan rings is 1. The molecule has 0 aliphatic heterocycles. The minimum atomic E-state index is -0.461. The molecule has 0 saturated heterocycles. The molecule has 15 heavy (non-hydrogen) atoms. The quantitative estimate of drug-likeness (QED) is 0.432. The van der Waals surface area contributed by atoms with Gasteiger partial charge in [0.2, 0.25) is 0 Å². The fraction of sp³-hybridized carbons (Fsp3) is 0. The first-order chi connectivity index (χ1) is 7.31.